The first kappa shape index (κ1) is 19.8. The molecule has 1 aromatic rings. The molecule has 3 N–H and O–H groups in total. The second kappa shape index (κ2) is 8.25. The number of hydrogen-bond donors (Lipinski definition) is 2. The zero-order valence-electron chi connectivity index (χ0n) is 13.8. The van der Waals surface area contributed by atoms with Crippen molar-refractivity contribution in [3.05, 3.63) is 18.2 Å². The van der Waals surface area contributed by atoms with Crippen molar-refractivity contribution in [1.82, 2.24) is 5.32 Å². The molecule has 7 nitrogen and oxygen atoms in total. The topological polar surface area (TPSA) is 108 Å². The minimum absolute atomic E-state index is 0. The van der Waals surface area contributed by atoms with E-state index in [9.17, 15) is 13.2 Å². The quantitative estimate of drug-likeness (QED) is 0.716. The zero-order chi connectivity index (χ0) is 17.2. The molecule has 2 aliphatic rings. The van der Waals surface area contributed by atoms with Crippen LogP contribution >= 0.6 is 12.4 Å². The lowest BCUT2D eigenvalue weighted by molar-refractivity contribution is -0.121. The van der Waals surface area contributed by atoms with Gasteiger partial charge in [0, 0.05) is 25.1 Å². The summed E-state index contributed by atoms with van der Waals surface area (Å²) >= 11 is 0. The summed E-state index contributed by atoms with van der Waals surface area (Å²) < 4.78 is 35.6. The van der Waals surface area contributed by atoms with E-state index >= 15 is 0 Å². The van der Waals surface area contributed by atoms with Crippen LogP contribution in [-0.4, -0.2) is 45.9 Å². The number of sulfone groups is 1. The van der Waals surface area contributed by atoms with Crippen molar-refractivity contribution in [1.29, 1.82) is 0 Å². The fraction of sp³-hybridized carbons (Fsp3) is 0.562. The van der Waals surface area contributed by atoms with Gasteiger partial charge in [0.25, 0.3) is 0 Å². The Morgan fingerprint density at radius 1 is 1.24 bits per heavy atom. The largest absolute Gasteiger partial charge is 0.486 e. The molecule has 1 aromatic carbocycles. The van der Waals surface area contributed by atoms with Crippen molar-refractivity contribution in [2.24, 2.45) is 11.7 Å². The molecule has 140 valence electrons. The summed E-state index contributed by atoms with van der Waals surface area (Å²) in [7, 11) is -3.56. The summed E-state index contributed by atoms with van der Waals surface area (Å²) in [6, 6.07) is 4.47. The van der Waals surface area contributed by atoms with Crippen LogP contribution in [0.1, 0.15) is 19.3 Å². The number of ether oxygens (including phenoxy) is 2. The molecular formula is C16H23ClN2O5S. The summed E-state index contributed by atoms with van der Waals surface area (Å²) in [5.74, 6) is 0.865. The Kier molecular flexibility index (Phi) is 6.53. The molecule has 0 radical (unpaired) electrons. The van der Waals surface area contributed by atoms with Crippen molar-refractivity contribution in [2.45, 2.75) is 30.2 Å². The second-order valence-electron chi connectivity index (χ2n) is 6.12. The number of benzene rings is 1. The third-order valence-electron chi connectivity index (χ3n) is 4.26. The van der Waals surface area contributed by atoms with E-state index < -0.39 is 9.84 Å². The van der Waals surface area contributed by atoms with E-state index in [1.54, 1.807) is 6.07 Å². The molecule has 1 heterocycles. The standard InChI is InChI=1S/C16H22N2O5S.ClH/c17-10-13(11-1-2-11)18-16(19)5-8-24(20,21)12-3-4-14-15(9-12)23-7-6-22-14;/h3-4,9,11,13H,1-2,5-8,10,17H2,(H,18,19);1H. The molecule has 1 atom stereocenters. The summed E-state index contributed by atoms with van der Waals surface area (Å²) in [5.41, 5.74) is 5.64. The van der Waals surface area contributed by atoms with E-state index in [4.69, 9.17) is 15.2 Å². The van der Waals surface area contributed by atoms with E-state index in [0.29, 0.717) is 37.2 Å². The van der Waals surface area contributed by atoms with Gasteiger partial charge in [-0.2, -0.15) is 0 Å². The summed E-state index contributed by atoms with van der Waals surface area (Å²) in [6.45, 7) is 1.22. The Labute approximate surface area is 153 Å². The van der Waals surface area contributed by atoms with Crippen LogP contribution in [0.5, 0.6) is 11.5 Å². The van der Waals surface area contributed by atoms with Gasteiger partial charge in [0.15, 0.2) is 21.3 Å². The normalized spacial score (nSPS) is 17.3. The smallest absolute Gasteiger partial charge is 0.221 e. The van der Waals surface area contributed by atoms with Gasteiger partial charge in [-0.05, 0) is 30.9 Å². The Morgan fingerprint density at radius 2 is 1.92 bits per heavy atom. The highest BCUT2D eigenvalue weighted by Crippen LogP contribution is 2.33. The second-order valence-corrected chi connectivity index (χ2v) is 8.23. The number of carbonyl (C=O) groups excluding carboxylic acids is 1. The number of carbonyl (C=O) groups is 1. The molecule has 0 bridgehead atoms. The van der Waals surface area contributed by atoms with Crippen LogP contribution in [-0.2, 0) is 14.6 Å². The molecule has 1 amide bonds. The Hall–Kier alpha value is -1.51. The van der Waals surface area contributed by atoms with Crippen LogP contribution in [0.3, 0.4) is 0 Å². The minimum atomic E-state index is -3.56. The first-order valence-corrected chi connectivity index (χ1v) is 9.76. The van der Waals surface area contributed by atoms with Crippen LogP contribution in [0.2, 0.25) is 0 Å². The Balaban J connectivity index is 0.00000225. The van der Waals surface area contributed by atoms with Crippen LogP contribution in [0.15, 0.2) is 23.1 Å². The van der Waals surface area contributed by atoms with Crippen LogP contribution < -0.4 is 20.5 Å². The number of hydrogen-bond acceptors (Lipinski definition) is 6. The summed E-state index contributed by atoms with van der Waals surface area (Å²) in [5, 5.41) is 2.83. The molecule has 0 aromatic heterocycles. The molecule has 25 heavy (non-hydrogen) atoms. The van der Waals surface area contributed by atoms with Crippen molar-refractivity contribution in [2.75, 3.05) is 25.5 Å². The van der Waals surface area contributed by atoms with Crippen LogP contribution in [0, 0.1) is 5.92 Å². The molecule has 0 saturated heterocycles. The maximum atomic E-state index is 12.4. The van der Waals surface area contributed by atoms with Gasteiger partial charge >= 0.3 is 0 Å². The fourth-order valence-corrected chi connectivity index (χ4v) is 3.96. The van der Waals surface area contributed by atoms with Gasteiger partial charge in [-0.25, -0.2) is 8.42 Å². The van der Waals surface area contributed by atoms with Crippen molar-refractivity contribution < 1.29 is 22.7 Å². The predicted octanol–water partition coefficient (Wildman–Crippen LogP) is 0.897. The first-order chi connectivity index (χ1) is 11.5. The molecular weight excluding hydrogens is 368 g/mol. The van der Waals surface area contributed by atoms with Gasteiger partial charge in [0.05, 0.1) is 10.6 Å². The van der Waals surface area contributed by atoms with Gasteiger partial charge in [-0.15, -0.1) is 12.4 Å². The van der Waals surface area contributed by atoms with Crippen LogP contribution in [0.25, 0.3) is 0 Å². The maximum Gasteiger partial charge on any atom is 0.221 e. The molecule has 1 fully saturated rings. The van der Waals surface area contributed by atoms with E-state index in [1.165, 1.54) is 12.1 Å². The lowest BCUT2D eigenvalue weighted by Gasteiger charge is -2.19. The monoisotopic (exact) mass is 390 g/mol. The summed E-state index contributed by atoms with van der Waals surface area (Å²) in [4.78, 5) is 12.1. The number of nitrogens with two attached hydrogens (primary N) is 1. The SMILES string of the molecule is Cl.NCC(NC(=O)CCS(=O)(=O)c1ccc2c(c1)OCCO2)C1CC1. The third kappa shape index (κ3) is 4.99. The number of halogens is 1. The molecule has 1 aliphatic carbocycles. The van der Waals surface area contributed by atoms with E-state index in [1.807, 2.05) is 0 Å². The zero-order valence-corrected chi connectivity index (χ0v) is 15.4. The average Bonchev–Trinajstić information content (AvgIpc) is 3.42. The van der Waals surface area contributed by atoms with Crippen molar-refractivity contribution in [3.8, 4) is 11.5 Å². The van der Waals surface area contributed by atoms with Crippen LogP contribution in [0.4, 0.5) is 0 Å². The predicted molar refractivity (Wildman–Crippen MR) is 95.1 cm³/mol. The van der Waals surface area contributed by atoms with Gasteiger partial charge in [-0.1, -0.05) is 0 Å². The lowest BCUT2D eigenvalue weighted by atomic mass is 10.2. The number of amides is 1. The third-order valence-corrected chi connectivity index (χ3v) is 5.98. The summed E-state index contributed by atoms with van der Waals surface area (Å²) in [6.07, 6.45) is 2.05. The number of fused-ring (bicyclic) bond motifs is 1. The molecule has 1 unspecified atom stereocenters. The highest BCUT2D eigenvalue weighted by Gasteiger charge is 2.31. The lowest BCUT2D eigenvalue weighted by Crippen LogP contribution is -2.42. The fourth-order valence-electron chi connectivity index (χ4n) is 2.71. The van der Waals surface area contributed by atoms with E-state index in [0.717, 1.165) is 12.8 Å². The molecule has 9 heteroatoms. The molecule has 1 aliphatic heterocycles. The van der Waals surface area contributed by atoms with Gasteiger partial charge in [0.1, 0.15) is 13.2 Å². The van der Waals surface area contributed by atoms with E-state index in [-0.39, 0.29) is 41.4 Å². The molecule has 1 saturated carbocycles. The molecule has 0 spiro atoms. The van der Waals surface area contributed by atoms with Crippen molar-refractivity contribution in [3.63, 3.8) is 0 Å². The maximum absolute atomic E-state index is 12.4. The molecule has 3 rings (SSSR count). The van der Waals surface area contributed by atoms with Gasteiger partial charge in [0.2, 0.25) is 5.91 Å². The van der Waals surface area contributed by atoms with E-state index in [2.05, 4.69) is 5.32 Å². The Morgan fingerprint density at radius 3 is 2.56 bits per heavy atom. The van der Waals surface area contributed by atoms with Gasteiger partial charge in [-0.3, -0.25) is 4.79 Å². The Bertz CT molecular complexity index is 721. The first-order valence-electron chi connectivity index (χ1n) is 8.11. The number of rotatable bonds is 7. The average molecular weight is 391 g/mol. The van der Waals surface area contributed by atoms with Crippen molar-refractivity contribution >= 4 is 28.2 Å². The van der Waals surface area contributed by atoms with Gasteiger partial charge < -0.3 is 20.5 Å². The minimum Gasteiger partial charge on any atom is -0.486 e. The highest BCUT2D eigenvalue weighted by molar-refractivity contribution is 7.91. The highest BCUT2D eigenvalue weighted by atomic mass is 35.5. The number of nitrogens with one attached hydrogen (secondary N) is 1.